The number of likely N-dealkylation sites (tertiary alicyclic amines) is 1. The van der Waals surface area contributed by atoms with Crippen LogP contribution in [0.2, 0.25) is 10.0 Å². The number of hydrogen-bond donors (Lipinski definition) is 2. The number of anilines is 1. The van der Waals surface area contributed by atoms with Crippen LogP contribution in [0.1, 0.15) is 31.4 Å². The second-order valence-electron chi connectivity index (χ2n) is 8.96. The van der Waals surface area contributed by atoms with E-state index in [2.05, 4.69) is 15.3 Å². The Bertz CT molecular complexity index is 1270. The van der Waals surface area contributed by atoms with Crippen molar-refractivity contribution in [2.75, 3.05) is 18.4 Å². The Kier molecular flexibility index (Phi) is 6.62. The van der Waals surface area contributed by atoms with Gasteiger partial charge in [0.15, 0.2) is 0 Å². The average Bonchev–Trinajstić information content (AvgIpc) is 3.61. The van der Waals surface area contributed by atoms with E-state index in [4.69, 9.17) is 33.9 Å². The summed E-state index contributed by atoms with van der Waals surface area (Å²) in [6, 6.07) is 7.00. The molecule has 35 heavy (non-hydrogen) atoms. The van der Waals surface area contributed by atoms with Gasteiger partial charge in [-0.3, -0.25) is 14.2 Å². The lowest BCUT2D eigenvalue weighted by Gasteiger charge is -2.33. The highest BCUT2D eigenvalue weighted by Crippen LogP contribution is 2.32. The molecule has 3 N–H and O–H groups in total. The molecule has 0 spiro atoms. The number of halogens is 2. The molecule has 5 rings (SSSR count). The number of piperidine rings is 1. The normalized spacial score (nSPS) is 17.9. The molecule has 0 radical (unpaired) electrons. The summed E-state index contributed by atoms with van der Waals surface area (Å²) in [7, 11) is 0. The molecule has 1 aliphatic carbocycles. The van der Waals surface area contributed by atoms with Crippen molar-refractivity contribution >= 4 is 41.0 Å². The van der Waals surface area contributed by atoms with Gasteiger partial charge < -0.3 is 16.0 Å². The molecule has 182 valence electrons. The fraction of sp³-hybridized carbons (Fsp3) is 0.375. The van der Waals surface area contributed by atoms with Crippen molar-refractivity contribution in [3.8, 4) is 17.2 Å². The van der Waals surface area contributed by atoms with E-state index in [9.17, 15) is 9.59 Å². The van der Waals surface area contributed by atoms with Crippen molar-refractivity contribution < 1.29 is 9.59 Å². The van der Waals surface area contributed by atoms with Crippen LogP contribution in [0, 0.1) is 5.92 Å². The van der Waals surface area contributed by atoms with Gasteiger partial charge in [-0.05, 0) is 49.9 Å². The minimum Gasteiger partial charge on any atom is -0.369 e. The highest BCUT2D eigenvalue weighted by Gasteiger charge is 2.35. The van der Waals surface area contributed by atoms with Gasteiger partial charge in [0, 0.05) is 43.0 Å². The van der Waals surface area contributed by atoms with Gasteiger partial charge in [-0.1, -0.05) is 23.2 Å². The summed E-state index contributed by atoms with van der Waals surface area (Å²) in [5.41, 5.74) is 6.78. The van der Waals surface area contributed by atoms with Gasteiger partial charge in [-0.25, -0.2) is 9.97 Å². The predicted octanol–water partition coefficient (Wildman–Crippen LogP) is 3.48. The fourth-order valence-electron chi connectivity index (χ4n) is 4.39. The van der Waals surface area contributed by atoms with Gasteiger partial charge in [0.2, 0.25) is 17.8 Å². The number of amides is 2. The van der Waals surface area contributed by atoms with E-state index in [1.54, 1.807) is 41.2 Å². The molecule has 2 fully saturated rings. The molecule has 1 saturated heterocycles. The van der Waals surface area contributed by atoms with Gasteiger partial charge in [-0.2, -0.15) is 4.98 Å². The zero-order valence-electron chi connectivity index (χ0n) is 19.0. The third-order valence-electron chi connectivity index (χ3n) is 6.23. The summed E-state index contributed by atoms with van der Waals surface area (Å²) < 4.78 is 1.76. The van der Waals surface area contributed by atoms with Crippen molar-refractivity contribution in [1.82, 2.24) is 24.4 Å². The first kappa shape index (κ1) is 23.6. The largest absolute Gasteiger partial charge is 0.369 e. The fourth-order valence-corrected chi connectivity index (χ4v) is 4.69. The lowest BCUT2D eigenvalue weighted by Crippen LogP contribution is -2.45. The number of rotatable bonds is 7. The van der Waals surface area contributed by atoms with E-state index in [-0.39, 0.29) is 24.3 Å². The monoisotopic (exact) mass is 513 g/mol. The maximum atomic E-state index is 12.5. The summed E-state index contributed by atoms with van der Waals surface area (Å²) in [6.45, 7) is 1.43. The molecule has 1 aliphatic heterocycles. The number of aromatic nitrogens is 4. The van der Waals surface area contributed by atoms with Crippen LogP contribution in [0.4, 0.5) is 5.95 Å². The molecule has 3 aromatic rings. The quantitative estimate of drug-likeness (QED) is 0.499. The second-order valence-corrected chi connectivity index (χ2v) is 9.78. The smallest absolute Gasteiger partial charge is 0.225 e. The molecule has 1 saturated carbocycles. The zero-order valence-corrected chi connectivity index (χ0v) is 20.5. The summed E-state index contributed by atoms with van der Waals surface area (Å²) in [5.74, 6) is 1.49. The number of nitrogens with zero attached hydrogens (tertiary/aromatic N) is 5. The minimum atomic E-state index is -0.484. The van der Waals surface area contributed by atoms with E-state index in [1.807, 2.05) is 4.90 Å². The van der Waals surface area contributed by atoms with E-state index < -0.39 is 5.91 Å². The van der Waals surface area contributed by atoms with Crippen LogP contribution in [0.25, 0.3) is 17.2 Å². The molecule has 1 atom stereocenters. The van der Waals surface area contributed by atoms with Gasteiger partial charge in [0.25, 0.3) is 0 Å². The summed E-state index contributed by atoms with van der Waals surface area (Å²) >= 11 is 12.3. The molecule has 9 nitrogen and oxygen atoms in total. The van der Waals surface area contributed by atoms with E-state index in [0.29, 0.717) is 45.4 Å². The lowest BCUT2D eigenvalue weighted by atomic mass is 10.1. The molecule has 11 heteroatoms. The van der Waals surface area contributed by atoms with Gasteiger partial charge in [0.05, 0.1) is 22.2 Å². The first-order valence-corrected chi connectivity index (χ1v) is 12.3. The maximum absolute atomic E-state index is 12.5. The molecule has 2 aliphatic rings. The Labute approximate surface area is 212 Å². The number of nitrogens with one attached hydrogen (secondary N) is 1. The first-order valence-electron chi connectivity index (χ1n) is 11.6. The van der Waals surface area contributed by atoms with Crippen LogP contribution in [0.3, 0.4) is 0 Å². The van der Waals surface area contributed by atoms with Crippen LogP contribution in [-0.4, -0.2) is 55.4 Å². The number of carbonyl (C=O) groups excluding carboxylic acids is 2. The first-order chi connectivity index (χ1) is 16.9. The minimum absolute atomic E-state index is 0.0120. The van der Waals surface area contributed by atoms with Crippen molar-refractivity contribution in [3.05, 3.63) is 52.4 Å². The summed E-state index contributed by atoms with van der Waals surface area (Å²) in [4.78, 5) is 39.8. The van der Waals surface area contributed by atoms with Crippen molar-refractivity contribution in [3.63, 3.8) is 0 Å². The summed E-state index contributed by atoms with van der Waals surface area (Å²) in [5, 5.41) is 4.21. The van der Waals surface area contributed by atoms with E-state index in [1.165, 1.54) is 0 Å². The van der Waals surface area contributed by atoms with Crippen LogP contribution >= 0.6 is 23.2 Å². The Morgan fingerprint density at radius 3 is 2.69 bits per heavy atom. The van der Waals surface area contributed by atoms with Crippen molar-refractivity contribution in [2.24, 2.45) is 11.7 Å². The maximum Gasteiger partial charge on any atom is 0.225 e. The number of nitrogens with two attached hydrogens (primary N) is 1. The number of imidazole rings is 1. The average molecular weight is 514 g/mol. The topological polar surface area (TPSA) is 119 Å². The number of carbonyl (C=O) groups is 2. The highest BCUT2D eigenvalue weighted by atomic mass is 35.5. The molecular formula is C24H25Cl2N7O2. The molecule has 2 amide bonds. The third-order valence-corrected chi connectivity index (χ3v) is 6.97. The van der Waals surface area contributed by atoms with Gasteiger partial charge in [0.1, 0.15) is 11.6 Å². The van der Waals surface area contributed by atoms with Crippen molar-refractivity contribution in [2.45, 2.75) is 38.1 Å². The van der Waals surface area contributed by atoms with Crippen LogP contribution in [0.5, 0.6) is 0 Å². The Balaban J connectivity index is 1.44. The molecule has 3 heterocycles. The molecule has 1 aromatic carbocycles. The summed E-state index contributed by atoms with van der Waals surface area (Å²) in [6.07, 6.45) is 7.09. The Morgan fingerprint density at radius 1 is 1.11 bits per heavy atom. The molecule has 1 unspecified atom stereocenters. The van der Waals surface area contributed by atoms with Crippen LogP contribution in [0.15, 0.2) is 36.7 Å². The molecule has 2 aromatic heterocycles. The molecular weight excluding hydrogens is 489 g/mol. The Hall–Kier alpha value is -3.17. The Morgan fingerprint density at radius 2 is 1.94 bits per heavy atom. The predicted molar refractivity (Wildman–Crippen MR) is 133 cm³/mol. The molecule has 0 bridgehead atoms. The number of benzene rings is 1. The third kappa shape index (κ3) is 5.26. The van der Waals surface area contributed by atoms with E-state index >= 15 is 0 Å². The number of hydrogen-bond acceptors (Lipinski definition) is 6. The lowest BCUT2D eigenvalue weighted by molar-refractivity contribution is -0.133. The number of primary amides is 1. The standard InChI is InChI=1S/C24H25Cl2N7O2/c25-18-6-5-15(10-19(18)26)22-29-12-17(11-20(27)34)33(22)21-7-8-28-24(31-21)30-16-2-1-9-32(13-16)23(35)14-3-4-14/h5-8,10,12,14,16H,1-4,9,11,13H2,(H2,27,34)(H,28,30,31). The van der Waals surface area contributed by atoms with Gasteiger partial charge in [-0.15, -0.1) is 0 Å². The van der Waals surface area contributed by atoms with E-state index in [0.717, 1.165) is 32.2 Å². The second kappa shape index (κ2) is 9.83. The zero-order chi connectivity index (χ0) is 24.5. The van der Waals surface area contributed by atoms with Crippen molar-refractivity contribution in [1.29, 1.82) is 0 Å². The van der Waals surface area contributed by atoms with Gasteiger partial charge >= 0.3 is 0 Å². The van der Waals surface area contributed by atoms with Crippen LogP contribution in [-0.2, 0) is 16.0 Å². The van der Waals surface area contributed by atoms with Crippen LogP contribution < -0.4 is 11.1 Å². The highest BCUT2D eigenvalue weighted by molar-refractivity contribution is 6.42. The SMILES string of the molecule is NC(=O)Cc1cnc(-c2ccc(Cl)c(Cl)c2)n1-c1ccnc(NC2CCCN(C(=O)C3CC3)C2)n1.